The van der Waals surface area contributed by atoms with Crippen LogP contribution < -0.4 is 4.74 Å². The van der Waals surface area contributed by atoms with Crippen LogP contribution in [0.1, 0.15) is 24.2 Å². The van der Waals surface area contributed by atoms with Gasteiger partial charge in [-0.15, -0.1) is 0 Å². The Morgan fingerprint density at radius 3 is 2.13 bits per heavy atom. The molecule has 0 saturated carbocycles. The topological polar surface area (TPSA) is 26.3 Å². The summed E-state index contributed by atoms with van der Waals surface area (Å²) >= 11 is 6.34. The van der Waals surface area contributed by atoms with Gasteiger partial charge in [0.25, 0.3) is 0 Å². The van der Waals surface area contributed by atoms with Crippen molar-refractivity contribution in [1.82, 2.24) is 0 Å². The van der Waals surface area contributed by atoms with E-state index in [4.69, 9.17) is 4.74 Å². The van der Waals surface area contributed by atoms with Crippen molar-refractivity contribution < 1.29 is 9.53 Å². The van der Waals surface area contributed by atoms with Gasteiger partial charge in [-0.3, -0.25) is 4.79 Å². The van der Waals surface area contributed by atoms with Crippen LogP contribution in [0.2, 0.25) is 0 Å². The molecule has 1 aromatic rings. The number of carbonyl (C=O) groups excluding carboxylic acids is 1. The van der Waals surface area contributed by atoms with Crippen LogP contribution in [0.4, 0.5) is 0 Å². The Morgan fingerprint density at radius 2 is 1.73 bits per heavy atom. The van der Waals surface area contributed by atoms with Crippen molar-refractivity contribution in [2.75, 3.05) is 0 Å². The molecular formula is C11H12Br2O2. The van der Waals surface area contributed by atoms with Gasteiger partial charge in [-0.05, 0) is 38.1 Å². The first kappa shape index (κ1) is 12.7. The van der Waals surface area contributed by atoms with Crippen LogP contribution in [0.25, 0.3) is 0 Å². The summed E-state index contributed by atoms with van der Waals surface area (Å²) in [6.45, 7) is 3.93. The first-order valence-corrected chi connectivity index (χ1v) is 6.43. The summed E-state index contributed by atoms with van der Waals surface area (Å²) in [6.07, 6.45) is 0.145. The smallest absolute Gasteiger partial charge is 0.187 e. The summed E-state index contributed by atoms with van der Waals surface area (Å²) in [5.41, 5.74) is 0.657. The van der Waals surface area contributed by atoms with Crippen LogP contribution >= 0.6 is 31.9 Å². The number of Topliss-reactive ketones (excluding diaryl/α,β-unsaturated/α-hetero) is 1. The summed E-state index contributed by atoms with van der Waals surface area (Å²) in [5, 5.41) is 0. The van der Waals surface area contributed by atoms with Gasteiger partial charge in [0, 0.05) is 5.56 Å². The second kappa shape index (κ2) is 5.66. The maximum absolute atomic E-state index is 11.5. The molecule has 1 aromatic carbocycles. The SMILES string of the molecule is CC(C)Oc1ccc(C(=O)C(Br)Br)cc1. The molecule has 0 atom stereocenters. The van der Waals surface area contributed by atoms with Crippen molar-refractivity contribution in [3.05, 3.63) is 29.8 Å². The Kier molecular flexibility index (Phi) is 4.80. The van der Waals surface area contributed by atoms with Gasteiger partial charge in [-0.2, -0.15) is 0 Å². The summed E-state index contributed by atoms with van der Waals surface area (Å²) < 4.78 is 5.14. The lowest BCUT2D eigenvalue weighted by Gasteiger charge is -2.09. The summed E-state index contributed by atoms with van der Waals surface area (Å²) in [7, 11) is 0. The summed E-state index contributed by atoms with van der Waals surface area (Å²) in [6, 6.07) is 7.12. The number of rotatable bonds is 4. The largest absolute Gasteiger partial charge is 0.491 e. The highest BCUT2D eigenvalue weighted by molar-refractivity contribution is 9.25. The summed E-state index contributed by atoms with van der Waals surface area (Å²) in [4.78, 5) is 11.5. The molecule has 0 radical (unpaired) electrons. The van der Waals surface area contributed by atoms with Crippen molar-refractivity contribution in [2.45, 2.75) is 23.7 Å². The third-order valence-electron chi connectivity index (χ3n) is 1.71. The Hall–Kier alpha value is -0.350. The molecule has 0 saturated heterocycles. The Bertz CT molecular complexity index is 331. The molecule has 0 amide bonds. The zero-order valence-corrected chi connectivity index (χ0v) is 11.7. The van der Waals surface area contributed by atoms with Crippen molar-refractivity contribution >= 4 is 37.6 Å². The fraction of sp³-hybridized carbons (Fsp3) is 0.364. The number of ketones is 1. The molecule has 0 spiro atoms. The number of hydrogen-bond acceptors (Lipinski definition) is 2. The number of carbonyl (C=O) groups is 1. The second-order valence-corrected chi connectivity index (χ2v) is 6.42. The lowest BCUT2D eigenvalue weighted by atomic mass is 10.1. The van der Waals surface area contributed by atoms with Crippen molar-refractivity contribution in [3.63, 3.8) is 0 Å². The normalized spacial score (nSPS) is 10.8. The van der Waals surface area contributed by atoms with E-state index in [1.54, 1.807) is 24.3 Å². The maximum atomic E-state index is 11.5. The molecule has 0 N–H and O–H groups in total. The number of benzene rings is 1. The van der Waals surface area contributed by atoms with Gasteiger partial charge in [-0.1, -0.05) is 31.9 Å². The molecule has 0 aliphatic rings. The molecule has 0 aromatic heterocycles. The third kappa shape index (κ3) is 3.95. The molecule has 82 valence electrons. The molecule has 0 aliphatic carbocycles. The standard InChI is InChI=1S/C11H12Br2O2/c1-7(2)15-9-5-3-8(4-6-9)10(14)11(12)13/h3-7,11H,1-2H3. The molecule has 4 heteroatoms. The van der Waals surface area contributed by atoms with Crippen molar-refractivity contribution in [1.29, 1.82) is 0 Å². The van der Waals surface area contributed by atoms with Gasteiger partial charge in [0.2, 0.25) is 0 Å². The van der Waals surface area contributed by atoms with E-state index in [9.17, 15) is 4.79 Å². The minimum absolute atomic E-state index is 0.00565. The fourth-order valence-electron chi connectivity index (χ4n) is 1.10. The van der Waals surface area contributed by atoms with Crippen LogP contribution in [0.15, 0.2) is 24.3 Å². The van der Waals surface area contributed by atoms with E-state index in [2.05, 4.69) is 31.9 Å². The molecule has 0 unspecified atom stereocenters. The van der Waals surface area contributed by atoms with Gasteiger partial charge in [0.1, 0.15) is 9.49 Å². The van der Waals surface area contributed by atoms with Crippen LogP contribution in [0.5, 0.6) is 5.75 Å². The van der Waals surface area contributed by atoms with Gasteiger partial charge in [0.15, 0.2) is 5.78 Å². The highest BCUT2D eigenvalue weighted by Gasteiger charge is 2.12. The third-order valence-corrected chi connectivity index (χ3v) is 2.54. The predicted molar refractivity (Wildman–Crippen MR) is 68.2 cm³/mol. The van der Waals surface area contributed by atoms with Crippen LogP contribution in [-0.4, -0.2) is 15.6 Å². The Balaban J connectivity index is 2.76. The van der Waals surface area contributed by atoms with E-state index in [1.165, 1.54) is 0 Å². The molecule has 0 heterocycles. The Morgan fingerprint density at radius 1 is 1.20 bits per heavy atom. The van der Waals surface area contributed by atoms with E-state index < -0.39 is 0 Å². The highest BCUT2D eigenvalue weighted by atomic mass is 79.9. The van der Waals surface area contributed by atoms with Crippen molar-refractivity contribution in [2.24, 2.45) is 0 Å². The molecule has 0 bridgehead atoms. The molecular weight excluding hydrogens is 324 g/mol. The second-order valence-electron chi connectivity index (χ2n) is 3.36. The minimum atomic E-state index is -0.332. The average Bonchev–Trinajstić information content (AvgIpc) is 2.17. The van der Waals surface area contributed by atoms with Gasteiger partial charge < -0.3 is 4.74 Å². The lowest BCUT2D eigenvalue weighted by molar-refractivity contribution is 0.101. The zero-order chi connectivity index (χ0) is 11.4. The number of ether oxygens (including phenoxy) is 1. The van der Waals surface area contributed by atoms with Crippen LogP contribution in [-0.2, 0) is 0 Å². The number of hydrogen-bond donors (Lipinski definition) is 0. The monoisotopic (exact) mass is 334 g/mol. The number of alkyl halides is 2. The summed E-state index contributed by atoms with van der Waals surface area (Å²) in [5.74, 6) is 0.786. The molecule has 2 nitrogen and oxygen atoms in total. The van der Waals surface area contributed by atoms with E-state index >= 15 is 0 Å². The van der Waals surface area contributed by atoms with Crippen LogP contribution in [0, 0.1) is 0 Å². The molecule has 1 rings (SSSR count). The van der Waals surface area contributed by atoms with E-state index in [0.29, 0.717) is 5.56 Å². The molecule has 0 fully saturated rings. The van der Waals surface area contributed by atoms with Gasteiger partial charge in [0.05, 0.1) is 6.10 Å². The van der Waals surface area contributed by atoms with Gasteiger partial charge >= 0.3 is 0 Å². The predicted octanol–water partition coefficient (Wildman–Crippen LogP) is 3.77. The highest BCUT2D eigenvalue weighted by Crippen LogP contribution is 2.19. The Labute approximate surface area is 106 Å². The fourth-order valence-corrected chi connectivity index (χ4v) is 1.62. The van der Waals surface area contributed by atoms with E-state index in [-0.39, 0.29) is 15.6 Å². The molecule has 0 aliphatic heterocycles. The van der Waals surface area contributed by atoms with Crippen LogP contribution in [0.3, 0.4) is 0 Å². The maximum Gasteiger partial charge on any atom is 0.187 e. The van der Waals surface area contributed by atoms with Crippen molar-refractivity contribution in [3.8, 4) is 5.75 Å². The lowest BCUT2D eigenvalue weighted by Crippen LogP contribution is -2.08. The first-order valence-electron chi connectivity index (χ1n) is 4.60. The minimum Gasteiger partial charge on any atom is -0.491 e. The first-order chi connectivity index (χ1) is 7.00. The zero-order valence-electron chi connectivity index (χ0n) is 8.54. The number of halogens is 2. The molecule has 15 heavy (non-hydrogen) atoms. The van der Waals surface area contributed by atoms with E-state index in [1.807, 2.05) is 13.8 Å². The van der Waals surface area contributed by atoms with Gasteiger partial charge in [-0.25, -0.2) is 0 Å². The average molecular weight is 336 g/mol. The quantitative estimate of drug-likeness (QED) is 0.618. The van der Waals surface area contributed by atoms with E-state index in [0.717, 1.165) is 5.75 Å².